The molecular formula is C21H19ClN4O2. The molecule has 4 rings (SSSR count). The number of nitrogens with zero attached hydrogens (tertiary/aromatic N) is 3. The molecule has 1 aromatic heterocycles. The minimum Gasteiger partial charge on any atom is -0.480 e. The van der Waals surface area contributed by atoms with Crippen LogP contribution in [0.25, 0.3) is 10.9 Å². The summed E-state index contributed by atoms with van der Waals surface area (Å²) in [4.78, 5) is 11.5. The molecule has 7 heteroatoms. The van der Waals surface area contributed by atoms with Crippen LogP contribution >= 0.6 is 11.6 Å². The Morgan fingerprint density at radius 1 is 1.43 bits per heavy atom. The van der Waals surface area contributed by atoms with Gasteiger partial charge in [0.2, 0.25) is 0 Å². The predicted molar refractivity (Wildman–Crippen MR) is 107 cm³/mol. The fourth-order valence-electron chi connectivity index (χ4n) is 4.00. The Morgan fingerprint density at radius 2 is 2.25 bits per heavy atom. The molecule has 2 aromatic carbocycles. The Labute approximate surface area is 167 Å². The summed E-state index contributed by atoms with van der Waals surface area (Å²) in [6.45, 7) is 3.00. The van der Waals surface area contributed by atoms with Crippen molar-refractivity contribution >= 4 is 28.5 Å². The first-order valence-corrected chi connectivity index (χ1v) is 9.48. The lowest BCUT2D eigenvalue weighted by atomic mass is 9.91. The number of aromatic nitrogens is 2. The second kappa shape index (κ2) is 7.27. The van der Waals surface area contributed by atoms with Crippen molar-refractivity contribution in [3.63, 3.8) is 0 Å². The van der Waals surface area contributed by atoms with E-state index in [2.05, 4.69) is 16.5 Å². The molecule has 1 aliphatic rings. The summed E-state index contributed by atoms with van der Waals surface area (Å²) >= 11 is 6.34. The van der Waals surface area contributed by atoms with Crippen molar-refractivity contribution in [2.24, 2.45) is 0 Å². The third-order valence-electron chi connectivity index (χ3n) is 5.42. The minimum absolute atomic E-state index is 0.0828. The molecule has 1 fully saturated rings. The van der Waals surface area contributed by atoms with Crippen LogP contribution in [-0.4, -0.2) is 33.4 Å². The SMILES string of the molecule is Cc1nn(Cc2c(Cl)cccc2C#N)c2cc(C3CCNC3C(=O)O)ccc12. The standard InChI is InChI=1S/C21H19ClN4O2/c1-12-15-6-5-13(16-7-8-24-20(16)21(27)28)9-19(15)26(25-12)11-17-14(10-23)3-2-4-18(17)22/h2-6,9,16,20,24H,7-8,11H2,1H3,(H,27,28). The molecule has 0 aliphatic carbocycles. The van der Waals surface area contributed by atoms with Crippen molar-refractivity contribution < 1.29 is 9.90 Å². The fourth-order valence-corrected chi connectivity index (χ4v) is 4.24. The zero-order valence-corrected chi connectivity index (χ0v) is 16.1. The maximum absolute atomic E-state index is 11.5. The number of aryl methyl sites for hydroxylation is 1. The molecule has 1 saturated heterocycles. The molecule has 2 unspecified atom stereocenters. The number of hydrogen-bond acceptors (Lipinski definition) is 4. The van der Waals surface area contributed by atoms with Crippen LogP contribution in [0.3, 0.4) is 0 Å². The molecule has 2 N–H and O–H groups in total. The van der Waals surface area contributed by atoms with Crippen molar-refractivity contribution in [3.8, 4) is 6.07 Å². The van der Waals surface area contributed by atoms with Crippen LogP contribution in [0.4, 0.5) is 0 Å². The highest BCUT2D eigenvalue weighted by Crippen LogP contribution is 2.32. The number of nitrogens with one attached hydrogen (secondary N) is 1. The molecule has 3 aromatic rings. The lowest BCUT2D eigenvalue weighted by molar-refractivity contribution is -0.139. The van der Waals surface area contributed by atoms with Gasteiger partial charge >= 0.3 is 5.97 Å². The zero-order valence-electron chi connectivity index (χ0n) is 15.3. The van der Waals surface area contributed by atoms with Gasteiger partial charge in [-0.1, -0.05) is 29.8 Å². The summed E-state index contributed by atoms with van der Waals surface area (Å²) in [7, 11) is 0. The van der Waals surface area contributed by atoms with E-state index in [0.29, 0.717) is 23.7 Å². The topological polar surface area (TPSA) is 90.9 Å². The van der Waals surface area contributed by atoms with E-state index in [9.17, 15) is 15.2 Å². The predicted octanol–water partition coefficient (Wildman–Crippen LogP) is 3.45. The number of fused-ring (bicyclic) bond motifs is 1. The highest BCUT2D eigenvalue weighted by molar-refractivity contribution is 6.31. The molecule has 0 bridgehead atoms. The number of benzene rings is 2. The Bertz CT molecular complexity index is 1120. The third-order valence-corrected chi connectivity index (χ3v) is 5.78. The van der Waals surface area contributed by atoms with Crippen LogP contribution < -0.4 is 5.32 Å². The van der Waals surface area contributed by atoms with E-state index in [1.165, 1.54) is 0 Å². The van der Waals surface area contributed by atoms with Crippen molar-refractivity contribution in [3.05, 3.63) is 63.8 Å². The number of aliphatic carboxylic acids is 1. The van der Waals surface area contributed by atoms with Gasteiger partial charge in [0, 0.05) is 21.9 Å². The van der Waals surface area contributed by atoms with Crippen LogP contribution in [0, 0.1) is 18.3 Å². The minimum atomic E-state index is -0.831. The van der Waals surface area contributed by atoms with Gasteiger partial charge in [-0.3, -0.25) is 9.48 Å². The first kappa shape index (κ1) is 18.5. The van der Waals surface area contributed by atoms with E-state index in [1.54, 1.807) is 18.2 Å². The Kier molecular flexibility index (Phi) is 4.80. The molecule has 0 spiro atoms. The molecule has 28 heavy (non-hydrogen) atoms. The summed E-state index contributed by atoms with van der Waals surface area (Å²) in [5, 5.41) is 28.1. The lowest BCUT2D eigenvalue weighted by Gasteiger charge is -2.16. The van der Waals surface area contributed by atoms with Gasteiger partial charge in [0.05, 0.1) is 29.4 Å². The van der Waals surface area contributed by atoms with E-state index in [0.717, 1.165) is 34.1 Å². The largest absolute Gasteiger partial charge is 0.480 e. The van der Waals surface area contributed by atoms with Crippen LogP contribution in [0.5, 0.6) is 0 Å². The molecule has 1 aliphatic heterocycles. The molecule has 2 atom stereocenters. The average molecular weight is 395 g/mol. The molecule has 2 heterocycles. The smallest absolute Gasteiger partial charge is 0.321 e. The van der Waals surface area contributed by atoms with Gasteiger partial charge in [0.25, 0.3) is 0 Å². The third kappa shape index (κ3) is 3.13. The second-order valence-electron chi connectivity index (χ2n) is 7.06. The number of rotatable bonds is 4. The second-order valence-corrected chi connectivity index (χ2v) is 7.47. The van der Waals surface area contributed by atoms with Crippen molar-refractivity contribution in [2.75, 3.05) is 6.54 Å². The van der Waals surface area contributed by atoms with Gasteiger partial charge in [-0.25, -0.2) is 0 Å². The molecule has 142 valence electrons. The first-order chi connectivity index (χ1) is 13.5. The van der Waals surface area contributed by atoms with Crippen molar-refractivity contribution in [2.45, 2.75) is 31.8 Å². The maximum Gasteiger partial charge on any atom is 0.321 e. The number of carboxylic acid groups (broad SMARTS) is 1. The van der Waals surface area contributed by atoms with E-state index in [4.69, 9.17) is 11.6 Å². The van der Waals surface area contributed by atoms with Gasteiger partial charge in [-0.05, 0) is 43.7 Å². The normalized spacial score (nSPS) is 19.0. The maximum atomic E-state index is 11.5. The average Bonchev–Trinajstić information content (AvgIpc) is 3.29. The van der Waals surface area contributed by atoms with E-state index in [1.807, 2.05) is 29.8 Å². The number of hydrogen-bond donors (Lipinski definition) is 2. The molecule has 0 amide bonds. The quantitative estimate of drug-likeness (QED) is 0.707. The monoisotopic (exact) mass is 394 g/mol. The van der Waals surface area contributed by atoms with Gasteiger partial charge in [0.1, 0.15) is 6.04 Å². The lowest BCUT2D eigenvalue weighted by Crippen LogP contribution is -2.34. The van der Waals surface area contributed by atoms with E-state index >= 15 is 0 Å². The fraction of sp³-hybridized carbons (Fsp3) is 0.286. The summed E-state index contributed by atoms with van der Waals surface area (Å²) in [6.07, 6.45) is 0.776. The zero-order chi connectivity index (χ0) is 19.8. The first-order valence-electron chi connectivity index (χ1n) is 9.10. The van der Waals surface area contributed by atoms with E-state index in [-0.39, 0.29) is 5.92 Å². The number of carbonyl (C=O) groups is 1. The highest BCUT2D eigenvalue weighted by Gasteiger charge is 2.33. The molecule has 6 nitrogen and oxygen atoms in total. The van der Waals surface area contributed by atoms with E-state index < -0.39 is 12.0 Å². The van der Waals surface area contributed by atoms with Crippen LogP contribution in [0.2, 0.25) is 5.02 Å². The summed E-state index contributed by atoms with van der Waals surface area (Å²) in [5.41, 5.74) is 4.02. The summed E-state index contributed by atoms with van der Waals surface area (Å²) in [6, 6.07) is 12.9. The Balaban J connectivity index is 1.78. The van der Waals surface area contributed by atoms with Crippen LogP contribution in [0.1, 0.15) is 34.7 Å². The summed E-state index contributed by atoms with van der Waals surface area (Å²) < 4.78 is 1.84. The van der Waals surface area contributed by atoms with Gasteiger partial charge < -0.3 is 10.4 Å². The Hall–Kier alpha value is -2.88. The highest BCUT2D eigenvalue weighted by atomic mass is 35.5. The number of nitriles is 1. The van der Waals surface area contributed by atoms with Gasteiger partial charge in [-0.2, -0.15) is 10.4 Å². The van der Waals surface area contributed by atoms with Crippen LogP contribution in [0.15, 0.2) is 36.4 Å². The molecule has 0 radical (unpaired) electrons. The molecular weight excluding hydrogens is 376 g/mol. The van der Waals surface area contributed by atoms with Gasteiger partial charge in [0.15, 0.2) is 0 Å². The van der Waals surface area contributed by atoms with Crippen LogP contribution in [-0.2, 0) is 11.3 Å². The number of halogens is 1. The number of carboxylic acids is 1. The summed E-state index contributed by atoms with van der Waals surface area (Å²) in [5.74, 6) is -0.914. The Morgan fingerprint density at radius 3 is 3.00 bits per heavy atom. The van der Waals surface area contributed by atoms with Crippen molar-refractivity contribution in [1.82, 2.24) is 15.1 Å². The molecule has 0 saturated carbocycles. The van der Waals surface area contributed by atoms with Crippen molar-refractivity contribution in [1.29, 1.82) is 5.26 Å². The van der Waals surface area contributed by atoms with Gasteiger partial charge in [-0.15, -0.1) is 0 Å².